The second kappa shape index (κ2) is 7.12. The number of hydrogen-bond donors (Lipinski definition) is 0. The summed E-state index contributed by atoms with van der Waals surface area (Å²) in [5.41, 5.74) is 1.37. The van der Waals surface area contributed by atoms with Crippen LogP contribution in [0.2, 0.25) is 0 Å². The molecular formula is C21H22N4O. The number of piperidine rings is 1. The Balaban J connectivity index is 1.44. The van der Waals surface area contributed by atoms with Gasteiger partial charge in [-0.05, 0) is 37.1 Å². The van der Waals surface area contributed by atoms with Gasteiger partial charge in [0.05, 0.1) is 5.52 Å². The third-order valence-corrected chi connectivity index (χ3v) is 5.12. The van der Waals surface area contributed by atoms with Gasteiger partial charge >= 0.3 is 0 Å². The summed E-state index contributed by atoms with van der Waals surface area (Å²) in [6, 6.07) is 17.9. The Labute approximate surface area is 153 Å². The summed E-state index contributed by atoms with van der Waals surface area (Å²) in [5.74, 6) is 1.00. The predicted molar refractivity (Wildman–Crippen MR) is 103 cm³/mol. The maximum atomic E-state index is 12.9. The van der Waals surface area contributed by atoms with Crippen LogP contribution in [0.4, 0.5) is 5.82 Å². The fraction of sp³-hybridized carbons (Fsp3) is 0.286. The number of rotatable bonds is 3. The van der Waals surface area contributed by atoms with Crippen LogP contribution in [0, 0.1) is 0 Å². The topological polar surface area (TPSA) is 49.3 Å². The standard InChI is InChI=1S/C21H22N4O/c1-24(17-11-14-25(15-12-17)20-8-4-5-13-22-20)21(26)19-10-9-16-6-2-3-7-18(16)23-19/h2-10,13,17H,11-12,14-15H2,1H3. The van der Waals surface area contributed by atoms with E-state index in [2.05, 4.69) is 14.9 Å². The second-order valence-electron chi connectivity index (χ2n) is 6.71. The van der Waals surface area contributed by atoms with Crippen LogP contribution < -0.4 is 4.90 Å². The van der Waals surface area contributed by atoms with Crippen LogP contribution in [0.5, 0.6) is 0 Å². The number of hydrogen-bond acceptors (Lipinski definition) is 4. The Hall–Kier alpha value is -2.95. The molecule has 1 aromatic carbocycles. The first kappa shape index (κ1) is 16.5. The molecule has 2 aromatic heterocycles. The van der Waals surface area contributed by atoms with Gasteiger partial charge in [-0.3, -0.25) is 4.79 Å². The SMILES string of the molecule is CN(C(=O)c1ccc2ccccc2n1)C1CCN(c2ccccn2)CC1. The Morgan fingerprint density at radius 2 is 1.81 bits per heavy atom. The third kappa shape index (κ3) is 3.25. The van der Waals surface area contributed by atoms with Gasteiger partial charge in [-0.2, -0.15) is 0 Å². The van der Waals surface area contributed by atoms with E-state index in [9.17, 15) is 4.79 Å². The van der Waals surface area contributed by atoms with E-state index in [1.54, 1.807) is 0 Å². The number of nitrogens with zero attached hydrogens (tertiary/aromatic N) is 4. The summed E-state index contributed by atoms with van der Waals surface area (Å²) in [6.45, 7) is 1.81. The summed E-state index contributed by atoms with van der Waals surface area (Å²) in [5, 5.41) is 1.05. The molecule has 0 saturated carbocycles. The van der Waals surface area contributed by atoms with Gasteiger partial charge in [0.25, 0.3) is 5.91 Å². The van der Waals surface area contributed by atoms with Gasteiger partial charge < -0.3 is 9.80 Å². The van der Waals surface area contributed by atoms with Gasteiger partial charge in [0.2, 0.25) is 0 Å². The van der Waals surface area contributed by atoms with Crippen molar-refractivity contribution < 1.29 is 4.79 Å². The Morgan fingerprint density at radius 1 is 1.04 bits per heavy atom. The lowest BCUT2D eigenvalue weighted by molar-refractivity contribution is 0.0703. The molecule has 0 N–H and O–H groups in total. The Kier molecular flexibility index (Phi) is 4.52. The van der Waals surface area contributed by atoms with E-state index in [1.165, 1.54) is 0 Å². The van der Waals surface area contributed by atoms with Crippen LogP contribution in [0.1, 0.15) is 23.3 Å². The highest BCUT2D eigenvalue weighted by atomic mass is 16.2. The maximum absolute atomic E-state index is 12.9. The normalized spacial score (nSPS) is 15.2. The van der Waals surface area contributed by atoms with E-state index in [4.69, 9.17) is 0 Å². The summed E-state index contributed by atoms with van der Waals surface area (Å²) >= 11 is 0. The Morgan fingerprint density at radius 3 is 2.58 bits per heavy atom. The largest absolute Gasteiger partial charge is 0.356 e. The fourth-order valence-corrected chi connectivity index (χ4v) is 3.55. The molecule has 4 rings (SSSR count). The van der Waals surface area contributed by atoms with Crippen molar-refractivity contribution in [1.29, 1.82) is 0 Å². The molecule has 0 atom stereocenters. The molecule has 0 bridgehead atoms. The maximum Gasteiger partial charge on any atom is 0.272 e. The number of amides is 1. The number of pyridine rings is 2. The van der Waals surface area contributed by atoms with Crippen LogP contribution in [-0.2, 0) is 0 Å². The molecule has 0 aliphatic carbocycles. The highest BCUT2D eigenvalue weighted by molar-refractivity contribution is 5.95. The van der Waals surface area contributed by atoms with Crippen molar-refractivity contribution in [2.75, 3.05) is 25.0 Å². The van der Waals surface area contributed by atoms with Crippen molar-refractivity contribution in [2.45, 2.75) is 18.9 Å². The first-order valence-corrected chi connectivity index (χ1v) is 9.01. The van der Waals surface area contributed by atoms with Crippen LogP contribution in [0.3, 0.4) is 0 Å². The molecule has 1 fully saturated rings. The molecule has 1 aliphatic rings. The lowest BCUT2D eigenvalue weighted by Crippen LogP contribution is -2.46. The van der Waals surface area contributed by atoms with Crippen molar-refractivity contribution in [3.8, 4) is 0 Å². The third-order valence-electron chi connectivity index (χ3n) is 5.12. The van der Waals surface area contributed by atoms with E-state index in [-0.39, 0.29) is 11.9 Å². The molecule has 1 aliphatic heterocycles. The van der Waals surface area contributed by atoms with E-state index in [1.807, 2.05) is 72.7 Å². The molecule has 0 spiro atoms. The zero-order chi connectivity index (χ0) is 17.9. The van der Waals surface area contributed by atoms with Crippen molar-refractivity contribution in [3.05, 3.63) is 66.5 Å². The lowest BCUT2D eigenvalue weighted by atomic mass is 10.0. The summed E-state index contributed by atoms with van der Waals surface area (Å²) < 4.78 is 0. The smallest absolute Gasteiger partial charge is 0.272 e. The van der Waals surface area contributed by atoms with Crippen LogP contribution in [-0.4, -0.2) is 47.0 Å². The van der Waals surface area contributed by atoms with Crippen molar-refractivity contribution in [2.24, 2.45) is 0 Å². The summed E-state index contributed by atoms with van der Waals surface area (Å²) in [4.78, 5) is 26.0. The van der Waals surface area contributed by atoms with Crippen LogP contribution >= 0.6 is 0 Å². The number of benzene rings is 1. The first-order chi connectivity index (χ1) is 12.7. The van der Waals surface area contributed by atoms with Crippen molar-refractivity contribution >= 4 is 22.6 Å². The molecule has 5 nitrogen and oxygen atoms in total. The number of para-hydroxylation sites is 1. The minimum absolute atomic E-state index is 0.00737. The number of fused-ring (bicyclic) bond motifs is 1. The second-order valence-corrected chi connectivity index (χ2v) is 6.71. The van der Waals surface area contributed by atoms with E-state index >= 15 is 0 Å². The summed E-state index contributed by atoms with van der Waals surface area (Å²) in [7, 11) is 1.89. The number of aromatic nitrogens is 2. The van der Waals surface area contributed by atoms with Crippen LogP contribution in [0.25, 0.3) is 10.9 Å². The van der Waals surface area contributed by atoms with Gasteiger partial charge in [0.1, 0.15) is 11.5 Å². The Bertz CT molecular complexity index is 904. The van der Waals surface area contributed by atoms with Gasteiger partial charge in [0, 0.05) is 37.8 Å². The van der Waals surface area contributed by atoms with E-state index in [0.29, 0.717) is 5.69 Å². The number of carbonyl (C=O) groups excluding carboxylic acids is 1. The van der Waals surface area contributed by atoms with E-state index in [0.717, 1.165) is 42.7 Å². The number of carbonyl (C=O) groups is 1. The molecule has 132 valence electrons. The molecule has 5 heteroatoms. The van der Waals surface area contributed by atoms with E-state index < -0.39 is 0 Å². The quantitative estimate of drug-likeness (QED) is 0.730. The van der Waals surface area contributed by atoms with Crippen molar-refractivity contribution in [3.63, 3.8) is 0 Å². The molecule has 3 aromatic rings. The highest BCUT2D eigenvalue weighted by Gasteiger charge is 2.27. The van der Waals surface area contributed by atoms with Gasteiger partial charge in [-0.1, -0.05) is 30.3 Å². The van der Waals surface area contributed by atoms with Crippen LogP contribution in [0.15, 0.2) is 60.8 Å². The molecule has 1 saturated heterocycles. The molecule has 0 radical (unpaired) electrons. The van der Waals surface area contributed by atoms with Gasteiger partial charge in [-0.25, -0.2) is 9.97 Å². The zero-order valence-corrected chi connectivity index (χ0v) is 14.9. The highest BCUT2D eigenvalue weighted by Crippen LogP contribution is 2.21. The number of anilines is 1. The average Bonchev–Trinajstić information content (AvgIpc) is 2.73. The predicted octanol–water partition coefficient (Wildman–Crippen LogP) is 3.37. The molecule has 0 unspecified atom stereocenters. The lowest BCUT2D eigenvalue weighted by Gasteiger charge is -2.37. The first-order valence-electron chi connectivity index (χ1n) is 9.01. The minimum atomic E-state index is -0.00737. The van der Waals surface area contributed by atoms with Gasteiger partial charge in [0.15, 0.2) is 0 Å². The summed E-state index contributed by atoms with van der Waals surface area (Å²) in [6.07, 6.45) is 3.70. The molecule has 26 heavy (non-hydrogen) atoms. The zero-order valence-electron chi connectivity index (χ0n) is 14.9. The molecule has 1 amide bonds. The average molecular weight is 346 g/mol. The van der Waals surface area contributed by atoms with Crippen molar-refractivity contribution in [1.82, 2.24) is 14.9 Å². The molecular weight excluding hydrogens is 324 g/mol. The monoisotopic (exact) mass is 346 g/mol. The fourth-order valence-electron chi connectivity index (χ4n) is 3.55. The minimum Gasteiger partial charge on any atom is -0.356 e. The van der Waals surface area contributed by atoms with Gasteiger partial charge in [-0.15, -0.1) is 0 Å². The molecule has 3 heterocycles.